The lowest BCUT2D eigenvalue weighted by molar-refractivity contribution is -0.140. The highest BCUT2D eigenvalue weighted by Crippen LogP contribution is 2.35. The number of carbonyl (C=O) groups is 1. The average molecular weight is 323 g/mol. The molecule has 1 saturated carbocycles. The zero-order valence-electron chi connectivity index (χ0n) is 14.9. The number of piperidine rings is 1. The predicted octanol–water partition coefficient (Wildman–Crippen LogP) is 1.43. The summed E-state index contributed by atoms with van der Waals surface area (Å²) >= 11 is 0. The van der Waals surface area contributed by atoms with Gasteiger partial charge in [0.25, 0.3) is 0 Å². The van der Waals surface area contributed by atoms with Crippen LogP contribution in [-0.2, 0) is 9.53 Å². The number of ether oxygens (including phenoxy) is 1. The summed E-state index contributed by atoms with van der Waals surface area (Å²) in [5, 5.41) is 0. The second kappa shape index (κ2) is 7.95. The molecule has 1 amide bonds. The number of amides is 1. The minimum absolute atomic E-state index is 0.232. The standard InChI is InChI=1S/C18H33N3O2/c1-19(2)12-16-13-20(10-11-23-16)14-18(22)21-9-5-7-15-6-3-4-8-17(15)21/h15-17H,3-14H2,1-2H3/t15-,16+,17-/m0/s1. The molecule has 0 aromatic heterocycles. The Hall–Kier alpha value is -0.650. The number of carbonyl (C=O) groups excluding carboxylic acids is 1. The second-order valence-corrected chi connectivity index (χ2v) is 7.83. The summed E-state index contributed by atoms with van der Waals surface area (Å²) in [5.74, 6) is 1.12. The van der Waals surface area contributed by atoms with Gasteiger partial charge in [0, 0.05) is 32.2 Å². The zero-order valence-corrected chi connectivity index (χ0v) is 14.9. The summed E-state index contributed by atoms with van der Waals surface area (Å²) < 4.78 is 5.82. The second-order valence-electron chi connectivity index (χ2n) is 7.83. The van der Waals surface area contributed by atoms with E-state index in [-0.39, 0.29) is 6.10 Å². The van der Waals surface area contributed by atoms with Crippen molar-refractivity contribution < 1.29 is 9.53 Å². The Labute approximate surface area is 140 Å². The average Bonchev–Trinajstić information content (AvgIpc) is 2.54. The zero-order chi connectivity index (χ0) is 16.2. The van der Waals surface area contributed by atoms with Gasteiger partial charge in [0.1, 0.15) is 0 Å². The fourth-order valence-corrected chi connectivity index (χ4v) is 4.66. The van der Waals surface area contributed by atoms with Crippen molar-refractivity contribution in [2.24, 2.45) is 5.92 Å². The van der Waals surface area contributed by atoms with E-state index in [1.54, 1.807) is 0 Å². The van der Waals surface area contributed by atoms with E-state index >= 15 is 0 Å². The van der Waals surface area contributed by atoms with Gasteiger partial charge >= 0.3 is 0 Å². The molecule has 0 spiro atoms. The monoisotopic (exact) mass is 323 g/mol. The van der Waals surface area contributed by atoms with Gasteiger partial charge < -0.3 is 14.5 Å². The maximum atomic E-state index is 12.9. The highest BCUT2D eigenvalue weighted by molar-refractivity contribution is 5.78. The van der Waals surface area contributed by atoms with Crippen molar-refractivity contribution >= 4 is 5.91 Å². The van der Waals surface area contributed by atoms with Gasteiger partial charge in [-0.1, -0.05) is 12.8 Å². The molecule has 3 rings (SSSR count). The molecular weight excluding hydrogens is 290 g/mol. The van der Waals surface area contributed by atoms with E-state index < -0.39 is 0 Å². The van der Waals surface area contributed by atoms with Crippen LogP contribution in [0.1, 0.15) is 38.5 Å². The molecule has 0 N–H and O–H groups in total. The van der Waals surface area contributed by atoms with Gasteiger partial charge in [0.15, 0.2) is 0 Å². The number of rotatable bonds is 4. The van der Waals surface area contributed by atoms with Crippen LogP contribution in [0.5, 0.6) is 0 Å². The topological polar surface area (TPSA) is 36.0 Å². The van der Waals surface area contributed by atoms with Crippen LogP contribution in [0.15, 0.2) is 0 Å². The maximum absolute atomic E-state index is 12.9. The van der Waals surface area contributed by atoms with Crippen molar-refractivity contribution in [1.29, 1.82) is 0 Å². The van der Waals surface area contributed by atoms with Crippen molar-refractivity contribution in [3.63, 3.8) is 0 Å². The summed E-state index contributed by atoms with van der Waals surface area (Å²) in [4.78, 5) is 19.6. The van der Waals surface area contributed by atoms with Gasteiger partial charge in [0.05, 0.1) is 19.3 Å². The summed E-state index contributed by atoms with van der Waals surface area (Å²) in [6.45, 7) is 5.00. The van der Waals surface area contributed by atoms with Crippen LogP contribution in [0.2, 0.25) is 0 Å². The molecule has 0 aromatic carbocycles. The normalized spacial score (nSPS) is 32.8. The quantitative estimate of drug-likeness (QED) is 0.784. The summed E-state index contributed by atoms with van der Waals surface area (Å²) in [6.07, 6.45) is 7.97. The van der Waals surface area contributed by atoms with E-state index in [1.165, 1.54) is 38.5 Å². The number of likely N-dealkylation sites (tertiary alicyclic amines) is 1. The lowest BCUT2D eigenvalue weighted by Gasteiger charge is -2.45. The van der Waals surface area contributed by atoms with Gasteiger partial charge in [-0.3, -0.25) is 9.69 Å². The molecule has 0 unspecified atom stereocenters. The third-order valence-corrected chi connectivity index (χ3v) is 5.71. The first-order valence-electron chi connectivity index (χ1n) is 9.41. The third kappa shape index (κ3) is 4.46. The SMILES string of the molecule is CN(C)C[C@@H]1CN(CC(=O)N2CCC[C@@H]3CCCC[C@@H]32)CCO1. The molecule has 0 radical (unpaired) electrons. The number of hydrogen-bond acceptors (Lipinski definition) is 4. The molecular formula is C18H33N3O2. The molecule has 3 aliphatic rings. The van der Waals surface area contributed by atoms with E-state index in [2.05, 4.69) is 28.8 Å². The Morgan fingerprint density at radius 1 is 1.13 bits per heavy atom. The Kier molecular flexibility index (Phi) is 5.94. The van der Waals surface area contributed by atoms with Crippen LogP contribution in [0.3, 0.4) is 0 Å². The summed E-state index contributed by atoms with van der Waals surface area (Å²) in [5.41, 5.74) is 0. The van der Waals surface area contributed by atoms with Crippen LogP contribution in [0.4, 0.5) is 0 Å². The van der Waals surface area contributed by atoms with Gasteiger partial charge in [-0.25, -0.2) is 0 Å². The lowest BCUT2D eigenvalue weighted by Crippen LogP contribution is -2.54. The van der Waals surface area contributed by atoms with Crippen molar-refractivity contribution in [2.75, 3.05) is 53.4 Å². The number of hydrogen-bond donors (Lipinski definition) is 0. The van der Waals surface area contributed by atoms with E-state index in [9.17, 15) is 4.79 Å². The minimum atomic E-state index is 0.232. The Balaban J connectivity index is 1.53. The minimum Gasteiger partial charge on any atom is -0.374 e. The number of likely N-dealkylation sites (N-methyl/N-ethyl adjacent to an activating group) is 1. The fourth-order valence-electron chi connectivity index (χ4n) is 4.66. The number of morpholine rings is 1. The molecule has 23 heavy (non-hydrogen) atoms. The van der Waals surface area contributed by atoms with Crippen molar-refractivity contribution in [3.05, 3.63) is 0 Å². The Bertz CT molecular complexity index is 400. The largest absolute Gasteiger partial charge is 0.374 e. The first kappa shape index (κ1) is 17.2. The molecule has 0 bridgehead atoms. The molecule has 3 atom stereocenters. The van der Waals surface area contributed by atoms with Crippen molar-refractivity contribution in [3.8, 4) is 0 Å². The molecule has 2 heterocycles. The summed E-state index contributed by atoms with van der Waals surface area (Å²) in [7, 11) is 4.15. The molecule has 0 aromatic rings. The predicted molar refractivity (Wildman–Crippen MR) is 91.4 cm³/mol. The Morgan fingerprint density at radius 2 is 1.91 bits per heavy atom. The molecule has 5 nitrogen and oxygen atoms in total. The molecule has 2 aliphatic heterocycles. The molecule has 2 saturated heterocycles. The molecule has 1 aliphatic carbocycles. The van der Waals surface area contributed by atoms with Gasteiger partial charge in [0.2, 0.25) is 5.91 Å². The first-order valence-corrected chi connectivity index (χ1v) is 9.41. The van der Waals surface area contributed by atoms with Gasteiger partial charge in [-0.2, -0.15) is 0 Å². The molecule has 3 fully saturated rings. The highest BCUT2D eigenvalue weighted by atomic mass is 16.5. The third-order valence-electron chi connectivity index (χ3n) is 5.71. The van der Waals surface area contributed by atoms with E-state index in [1.807, 2.05) is 0 Å². The molecule has 5 heteroatoms. The van der Waals surface area contributed by atoms with Crippen LogP contribution in [0, 0.1) is 5.92 Å². The van der Waals surface area contributed by atoms with Crippen molar-refractivity contribution in [1.82, 2.24) is 14.7 Å². The smallest absolute Gasteiger partial charge is 0.237 e. The Morgan fingerprint density at radius 3 is 2.74 bits per heavy atom. The fraction of sp³-hybridized carbons (Fsp3) is 0.944. The van der Waals surface area contributed by atoms with E-state index in [4.69, 9.17) is 4.74 Å². The van der Waals surface area contributed by atoms with Crippen LogP contribution < -0.4 is 0 Å². The van der Waals surface area contributed by atoms with E-state index in [0.717, 1.165) is 38.7 Å². The highest BCUT2D eigenvalue weighted by Gasteiger charge is 2.36. The molecule has 132 valence electrons. The number of fused-ring (bicyclic) bond motifs is 1. The summed E-state index contributed by atoms with van der Waals surface area (Å²) in [6, 6.07) is 0.531. The van der Waals surface area contributed by atoms with E-state index in [0.29, 0.717) is 18.5 Å². The van der Waals surface area contributed by atoms with Crippen LogP contribution in [-0.4, -0.2) is 86.2 Å². The number of nitrogens with zero attached hydrogens (tertiary/aromatic N) is 3. The van der Waals surface area contributed by atoms with Gasteiger partial charge in [-0.05, 0) is 45.7 Å². The first-order chi connectivity index (χ1) is 11.1. The van der Waals surface area contributed by atoms with Gasteiger partial charge in [-0.15, -0.1) is 0 Å². The van der Waals surface area contributed by atoms with Crippen LogP contribution in [0.25, 0.3) is 0 Å². The van der Waals surface area contributed by atoms with Crippen LogP contribution >= 0.6 is 0 Å². The van der Waals surface area contributed by atoms with Crippen molar-refractivity contribution in [2.45, 2.75) is 50.7 Å². The maximum Gasteiger partial charge on any atom is 0.237 e. The lowest BCUT2D eigenvalue weighted by atomic mass is 9.78.